The van der Waals surface area contributed by atoms with Crippen LogP contribution in [0.25, 0.3) is 0 Å². The van der Waals surface area contributed by atoms with Gasteiger partial charge in [-0.1, -0.05) is 20.8 Å². The minimum atomic E-state index is -0.725. The van der Waals surface area contributed by atoms with Crippen molar-refractivity contribution in [3.8, 4) is 0 Å². The van der Waals surface area contributed by atoms with E-state index in [0.717, 1.165) is 0 Å². The van der Waals surface area contributed by atoms with Gasteiger partial charge in [0.05, 0.1) is 6.42 Å². The zero-order valence-electron chi connectivity index (χ0n) is 5.56. The summed E-state index contributed by atoms with van der Waals surface area (Å²) in [6, 6.07) is 0. The maximum absolute atomic E-state index is 10.0. The van der Waals surface area contributed by atoms with Crippen LogP contribution in [0.5, 0.6) is 0 Å². The molecule has 0 aliphatic rings. The first kappa shape index (κ1) is 12.8. The summed E-state index contributed by atoms with van der Waals surface area (Å²) in [4.78, 5) is 10.0. The fourth-order valence-corrected chi connectivity index (χ4v) is 0.454. The Bertz CT molecular complexity index is 93.7. The Labute approximate surface area is 98.4 Å². The molecule has 0 saturated carbocycles. The van der Waals surface area contributed by atoms with Gasteiger partial charge in [0.2, 0.25) is 0 Å². The molecule has 0 aromatic rings. The molecule has 2 nitrogen and oxygen atoms in total. The molecule has 1 N–H and O–H groups in total. The van der Waals surface area contributed by atoms with Gasteiger partial charge in [0.25, 0.3) is 0 Å². The van der Waals surface area contributed by atoms with Crippen LogP contribution in [0.3, 0.4) is 0 Å². The van der Waals surface area contributed by atoms with E-state index in [4.69, 9.17) is 5.11 Å². The van der Waals surface area contributed by atoms with Crippen molar-refractivity contribution >= 4 is 57.4 Å². The van der Waals surface area contributed by atoms with Crippen molar-refractivity contribution in [1.29, 1.82) is 0 Å². The van der Waals surface area contributed by atoms with Gasteiger partial charge in [0.1, 0.15) is 0 Å². The maximum atomic E-state index is 10.0. The van der Waals surface area contributed by atoms with Crippen LogP contribution >= 0.6 is 0 Å². The summed E-state index contributed by atoms with van der Waals surface area (Å²) in [5.74, 6) is -0.725. The predicted octanol–water partition coefficient (Wildman–Crippen LogP) is 0.859. The van der Waals surface area contributed by atoms with E-state index in [1.807, 2.05) is 20.8 Å². The van der Waals surface area contributed by atoms with Gasteiger partial charge in [-0.3, -0.25) is 4.79 Å². The number of rotatable bonds is 1. The quantitative estimate of drug-likeness (QED) is 0.572. The van der Waals surface area contributed by atoms with Crippen LogP contribution < -0.4 is 0 Å². The second kappa shape index (κ2) is 4.85. The average Bonchev–Trinajstić information content (AvgIpc) is 1.21. The van der Waals surface area contributed by atoms with E-state index < -0.39 is 5.97 Å². The molecule has 0 spiro atoms. The summed E-state index contributed by atoms with van der Waals surface area (Å²) in [7, 11) is 0. The van der Waals surface area contributed by atoms with E-state index in [1.54, 1.807) is 0 Å². The van der Waals surface area contributed by atoms with Crippen LogP contribution in [0.1, 0.15) is 27.2 Å². The Morgan fingerprint density at radius 2 is 1.78 bits per heavy atom. The molecule has 0 aromatic heterocycles. The number of carboxylic acid groups (broad SMARTS) is 1. The zero-order valence-corrected chi connectivity index (χ0v) is 5.56. The zero-order chi connectivity index (χ0) is 6.78. The van der Waals surface area contributed by atoms with Gasteiger partial charge in [-0.05, 0) is 5.41 Å². The Kier molecular flexibility index (Phi) is 6.87. The fourth-order valence-electron chi connectivity index (χ4n) is 0.454. The molecular weight excluding hydrogens is 143 g/mol. The molecule has 0 amide bonds. The van der Waals surface area contributed by atoms with Crippen molar-refractivity contribution in [2.75, 3.05) is 0 Å². The Hall–Kier alpha value is 1.11. The predicted molar refractivity (Wildman–Crippen MR) is 38.9 cm³/mol. The first-order chi connectivity index (χ1) is 3.42. The average molecular weight is 156 g/mol. The number of aliphatic carboxylic acids is 1. The molecule has 0 rings (SSSR count). The summed E-state index contributed by atoms with van der Waals surface area (Å²) < 4.78 is 0. The molecular formula is C6H13KO2. The molecule has 0 bridgehead atoms. The Morgan fingerprint density at radius 1 is 1.44 bits per heavy atom. The molecule has 0 heterocycles. The van der Waals surface area contributed by atoms with E-state index in [9.17, 15) is 4.79 Å². The van der Waals surface area contributed by atoms with Crippen LogP contribution in [0.4, 0.5) is 0 Å². The van der Waals surface area contributed by atoms with Crippen molar-refractivity contribution in [2.45, 2.75) is 27.2 Å². The summed E-state index contributed by atoms with van der Waals surface area (Å²) in [6.07, 6.45) is 0.243. The van der Waals surface area contributed by atoms with Crippen LogP contribution in [-0.2, 0) is 4.79 Å². The summed E-state index contributed by atoms with van der Waals surface area (Å²) in [5.41, 5.74) is -0.0775. The van der Waals surface area contributed by atoms with Crippen molar-refractivity contribution in [3.05, 3.63) is 0 Å². The van der Waals surface area contributed by atoms with E-state index >= 15 is 0 Å². The van der Waals surface area contributed by atoms with Gasteiger partial charge in [0.15, 0.2) is 0 Å². The van der Waals surface area contributed by atoms with Gasteiger partial charge in [0, 0.05) is 0 Å². The second-order valence-corrected chi connectivity index (χ2v) is 3.13. The van der Waals surface area contributed by atoms with E-state index in [0.29, 0.717) is 0 Å². The third-order valence-electron chi connectivity index (χ3n) is 0.682. The third-order valence-corrected chi connectivity index (χ3v) is 0.682. The standard InChI is InChI=1S/C6H12O2.K.H/c1-6(2,3)4-5(7)8;;/h4H2,1-3H3,(H,7,8);;. The van der Waals surface area contributed by atoms with Gasteiger partial charge in [-0.25, -0.2) is 0 Å². The van der Waals surface area contributed by atoms with Crippen LogP contribution in [-0.4, -0.2) is 62.5 Å². The Balaban J connectivity index is 0. The second-order valence-electron chi connectivity index (χ2n) is 3.13. The van der Waals surface area contributed by atoms with Gasteiger partial charge >= 0.3 is 57.4 Å². The van der Waals surface area contributed by atoms with E-state index in [1.165, 1.54) is 0 Å². The molecule has 0 fully saturated rings. The van der Waals surface area contributed by atoms with Gasteiger partial charge in [-0.15, -0.1) is 0 Å². The molecule has 0 radical (unpaired) electrons. The minimum absolute atomic E-state index is 0. The molecule has 0 atom stereocenters. The molecule has 9 heavy (non-hydrogen) atoms. The van der Waals surface area contributed by atoms with E-state index in [2.05, 4.69) is 0 Å². The van der Waals surface area contributed by atoms with Gasteiger partial charge in [-0.2, -0.15) is 0 Å². The summed E-state index contributed by atoms with van der Waals surface area (Å²) >= 11 is 0. The molecule has 0 unspecified atom stereocenters. The van der Waals surface area contributed by atoms with Crippen LogP contribution in [0.15, 0.2) is 0 Å². The monoisotopic (exact) mass is 156 g/mol. The fraction of sp³-hybridized carbons (Fsp3) is 0.833. The molecule has 0 aliphatic heterocycles. The number of hydrogen-bond acceptors (Lipinski definition) is 1. The molecule has 0 saturated heterocycles. The van der Waals surface area contributed by atoms with Crippen LogP contribution in [0.2, 0.25) is 0 Å². The normalized spacial score (nSPS) is 10.1. The number of carbonyl (C=O) groups is 1. The first-order valence-corrected chi connectivity index (χ1v) is 2.63. The van der Waals surface area contributed by atoms with Crippen molar-refractivity contribution in [1.82, 2.24) is 0 Å². The summed E-state index contributed by atoms with van der Waals surface area (Å²) in [6.45, 7) is 5.71. The number of carboxylic acids is 1. The molecule has 0 aliphatic carbocycles. The third kappa shape index (κ3) is 12.3. The van der Waals surface area contributed by atoms with E-state index in [-0.39, 0.29) is 63.2 Å². The summed E-state index contributed by atoms with van der Waals surface area (Å²) in [5, 5.41) is 8.25. The van der Waals surface area contributed by atoms with Gasteiger partial charge < -0.3 is 5.11 Å². The van der Waals surface area contributed by atoms with Crippen molar-refractivity contribution < 1.29 is 9.90 Å². The topological polar surface area (TPSA) is 37.3 Å². The first-order valence-electron chi connectivity index (χ1n) is 2.63. The number of hydrogen-bond donors (Lipinski definition) is 1. The van der Waals surface area contributed by atoms with Crippen molar-refractivity contribution in [2.24, 2.45) is 5.41 Å². The van der Waals surface area contributed by atoms with Crippen LogP contribution in [0, 0.1) is 5.41 Å². The molecule has 3 heteroatoms. The SMILES string of the molecule is CC(C)(C)CC(=O)O.[KH]. The molecule has 50 valence electrons. The van der Waals surface area contributed by atoms with Crippen molar-refractivity contribution in [3.63, 3.8) is 0 Å². The Morgan fingerprint density at radius 3 is 1.78 bits per heavy atom. The molecule has 0 aromatic carbocycles.